The highest BCUT2D eigenvalue weighted by Gasteiger charge is 2.14. The number of carbonyl (C=O) groups is 1. The summed E-state index contributed by atoms with van der Waals surface area (Å²) < 4.78 is 28.4. The minimum absolute atomic E-state index is 0.0640. The van der Waals surface area contributed by atoms with Gasteiger partial charge in [0.05, 0.1) is 12.1 Å². The number of rotatable bonds is 3. The minimum atomic E-state index is -0.721. The first kappa shape index (κ1) is 13.8. The normalized spacial score (nSPS) is 11.0. The van der Waals surface area contributed by atoms with Crippen LogP contribution < -0.4 is 0 Å². The number of Topliss-reactive ketones (excluding diaryl/α,β-unsaturated/α-hetero) is 1. The van der Waals surface area contributed by atoms with Gasteiger partial charge in [-0.3, -0.25) is 4.79 Å². The van der Waals surface area contributed by atoms with E-state index in [-0.39, 0.29) is 12.1 Å². The van der Waals surface area contributed by atoms with Gasteiger partial charge in [0.2, 0.25) is 0 Å². The molecule has 5 heteroatoms. The second kappa shape index (κ2) is 5.30. The first-order valence-electron chi connectivity index (χ1n) is 6.27. The number of benzene rings is 2. The van der Waals surface area contributed by atoms with Crippen molar-refractivity contribution in [2.75, 3.05) is 0 Å². The Morgan fingerprint density at radius 1 is 1.10 bits per heavy atom. The molecule has 0 unspecified atom stereocenters. The second-order valence-corrected chi connectivity index (χ2v) is 5.13. The maximum atomic E-state index is 13.6. The molecule has 106 valence electrons. The van der Waals surface area contributed by atoms with Gasteiger partial charge < -0.3 is 4.57 Å². The highest BCUT2D eigenvalue weighted by Crippen LogP contribution is 2.21. The molecule has 0 fully saturated rings. The van der Waals surface area contributed by atoms with Gasteiger partial charge in [0.15, 0.2) is 5.78 Å². The van der Waals surface area contributed by atoms with Gasteiger partial charge in [0.25, 0.3) is 0 Å². The van der Waals surface area contributed by atoms with Crippen molar-refractivity contribution in [2.45, 2.75) is 6.54 Å². The van der Waals surface area contributed by atoms with Crippen molar-refractivity contribution in [2.24, 2.45) is 0 Å². The van der Waals surface area contributed by atoms with Crippen LogP contribution in [0.2, 0.25) is 5.02 Å². The molecule has 2 nitrogen and oxygen atoms in total. The molecule has 0 N–H and O–H groups in total. The standard InChI is InChI=1S/C16H10ClF2NO/c17-11-1-4-15-10(7-11)5-6-20(15)9-16(21)13-8-12(18)2-3-14(13)19/h1-8H,9H2. The third-order valence-corrected chi connectivity index (χ3v) is 3.51. The zero-order chi connectivity index (χ0) is 15.0. The van der Waals surface area contributed by atoms with E-state index in [0.717, 1.165) is 29.1 Å². The van der Waals surface area contributed by atoms with Gasteiger partial charge in [0.1, 0.15) is 11.6 Å². The summed E-state index contributed by atoms with van der Waals surface area (Å²) in [6, 6.07) is 9.95. The Bertz CT molecular complexity index is 841. The van der Waals surface area contributed by atoms with Gasteiger partial charge in [-0.05, 0) is 42.5 Å². The summed E-state index contributed by atoms with van der Waals surface area (Å²) in [6.07, 6.45) is 1.72. The summed E-state index contributed by atoms with van der Waals surface area (Å²) >= 11 is 5.90. The number of nitrogens with zero attached hydrogens (tertiary/aromatic N) is 1. The summed E-state index contributed by atoms with van der Waals surface area (Å²) in [5.74, 6) is -1.84. The first-order chi connectivity index (χ1) is 10.0. The van der Waals surface area contributed by atoms with Gasteiger partial charge in [-0.2, -0.15) is 0 Å². The van der Waals surface area contributed by atoms with Crippen LogP contribution in [0.15, 0.2) is 48.7 Å². The Morgan fingerprint density at radius 3 is 2.71 bits per heavy atom. The van der Waals surface area contributed by atoms with Crippen LogP contribution in [0.4, 0.5) is 8.78 Å². The second-order valence-electron chi connectivity index (χ2n) is 4.69. The molecule has 2 aromatic carbocycles. The number of fused-ring (bicyclic) bond motifs is 1. The van der Waals surface area contributed by atoms with Gasteiger partial charge in [-0.1, -0.05) is 11.6 Å². The lowest BCUT2D eigenvalue weighted by Gasteiger charge is -2.06. The number of ketones is 1. The number of hydrogen-bond acceptors (Lipinski definition) is 1. The van der Waals surface area contributed by atoms with Crippen LogP contribution in [0.25, 0.3) is 10.9 Å². The summed E-state index contributed by atoms with van der Waals surface area (Å²) in [5.41, 5.74) is 0.565. The predicted octanol–water partition coefficient (Wildman–Crippen LogP) is 4.46. The van der Waals surface area contributed by atoms with Gasteiger partial charge >= 0.3 is 0 Å². The Hall–Kier alpha value is -2.20. The molecule has 0 bridgehead atoms. The molecule has 3 rings (SSSR count). The fourth-order valence-corrected chi connectivity index (χ4v) is 2.44. The molecule has 0 atom stereocenters. The van der Waals surface area contributed by atoms with Crippen LogP contribution in [0.5, 0.6) is 0 Å². The molecule has 21 heavy (non-hydrogen) atoms. The molecule has 1 heterocycles. The maximum absolute atomic E-state index is 13.6. The summed E-state index contributed by atoms with van der Waals surface area (Å²) in [7, 11) is 0. The lowest BCUT2D eigenvalue weighted by Crippen LogP contribution is -2.11. The molecule has 0 amide bonds. The average Bonchev–Trinajstić information content (AvgIpc) is 2.83. The van der Waals surface area contributed by atoms with E-state index >= 15 is 0 Å². The quantitative estimate of drug-likeness (QED) is 0.655. The lowest BCUT2D eigenvalue weighted by atomic mass is 10.1. The highest BCUT2D eigenvalue weighted by atomic mass is 35.5. The lowest BCUT2D eigenvalue weighted by molar-refractivity contribution is 0.0969. The van der Waals surface area contributed by atoms with Crippen LogP contribution >= 0.6 is 11.6 Å². The van der Waals surface area contributed by atoms with E-state index in [9.17, 15) is 13.6 Å². The Kier molecular flexibility index (Phi) is 3.47. The Balaban J connectivity index is 1.95. The maximum Gasteiger partial charge on any atom is 0.185 e. The monoisotopic (exact) mass is 305 g/mol. The summed E-state index contributed by atoms with van der Waals surface area (Å²) in [5, 5.41) is 1.48. The predicted molar refractivity (Wildman–Crippen MR) is 77.6 cm³/mol. The van der Waals surface area contributed by atoms with Gasteiger partial charge in [0, 0.05) is 22.1 Å². The largest absolute Gasteiger partial charge is 0.340 e. The topological polar surface area (TPSA) is 22.0 Å². The number of halogens is 3. The third kappa shape index (κ3) is 2.67. The Labute approximate surface area is 124 Å². The van der Waals surface area contributed by atoms with Crippen molar-refractivity contribution in [1.82, 2.24) is 4.57 Å². The summed E-state index contributed by atoms with van der Waals surface area (Å²) in [4.78, 5) is 12.1. The SMILES string of the molecule is O=C(Cn1ccc2cc(Cl)ccc21)c1cc(F)ccc1F. The van der Waals surface area contributed by atoms with Crippen LogP contribution in [-0.2, 0) is 6.54 Å². The van der Waals surface area contributed by atoms with E-state index in [0.29, 0.717) is 5.02 Å². The van der Waals surface area contributed by atoms with Crippen molar-refractivity contribution in [3.05, 3.63) is 70.9 Å². The average molecular weight is 306 g/mol. The number of aromatic nitrogens is 1. The van der Waals surface area contributed by atoms with E-state index in [1.165, 1.54) is 0 Å². The van der Waals surface area contributed by atoms with Crippen LogP contribution in [-0.4, -0.2) is 10.4 Å². The van der Waals surface area contributed by atoms with Crippen molar-refractivity contribution in [3.63, 3.8) is 0 Å². The molecular formula is C16H10ClF2NO. The molecular weight excluding hydrogens is 296 g/mol. The van der Waals surface area contributed by atoms with Gasteiger partial charge in [-0.15, -0.1) is 0 Å². The third-order valence-electron chi connectivity index (χ3n) is 3.28. The van der Waals surface area contributed by atoms with E-state index in [1.54, 1.807) is 29.0 Å². The molecule has 0 aliphatic heterocycles. The fourth-order valence-electron chi connectivity index (χ4n) is 2.26. The van der Waals surface area contributed by atoms with E-state index < -0.39 is 17.4 Å². The smallest absolute Gasteiger partial charge is 0.185 e. The number of carbonyl (C=O) groups excluding carboxylic acids is 1. The number of hydrogen-bond donors (Lipinski definition) is 0. The highest BCUT2D eigenvalue weighted by molar-refractivity contribution is 6.31. The Morgan fingerprint density at radius 2 is 1.90 bits per heavy atom. The first-order valence-corrected chi connectivity index (χ1v) is 6.65. The molecule has 0 spiro atoms. The zero-order valence-corrected chi connectivity index (χ0v) is 11.6. The molecule has 0 aliphatic carbocycles. The van der Waals surface area contributed by atoms with Crippen molar-refractivity contribution in [1.29, 1.82) is 0 Å². The molecule has 1 aromatic heterocycles. The van der Waals surface area contributed by atoms with Crippen LogP contribution in [0.3, 0.4) is 0 Å². The zero-order valence-electron chi connectivity index (χ0n) is 10.8. The molecule has 0 aliphatic rings. The van der Waals surface area contributed by atoms with E-state index in [1.807, 2.05) is 6.07 Å². The minimum Gasteiger partial charge on any atom is -0.340 e. The van der Waals surface area contributed by atoms with Crippen molar-refractivity contribution >= 4 is 28.3 Å². The molecule has 3 aromatic rings. The molecule has 0 saturated carbocycles. The van der Waals surface area contributed by atoms with Crippen LogP contribution in [0, 0.1) is 11.6 Å². The van der Waals surface area contributed by atoms with E-state index in [4.69, 9.17) is 11.6 Å². The van der Waals surface area contributed by atoms with Crippen LogP contribution in [0.1, 0.15) is 10.4 Å². The van der Waals surface area contributed by atoms with Crippen molar-refractivity contribution in [3.8, 4) is 0 Å². The van der Waals surface area contributed by atoms with Gasteiger partial charge in [-0.25, -0.2) is 8.78 Å². The molecule has 0 radical (unpaired) electrons. The summed E-state index contributed by atoms with van der Waals surface area (Å²) in [6.45, 7) is -0.0640. The molecule has 0 saturated heterocycles. The fraction of sp³-hybridized carbons (Fsp3) is 0.0625. The van der Waals surface area contributed by atoms with Crippen molar-refractivity contribution < 1.29 is 13.6 Å². The van der Waals surface area contributed by atoms with E-state index in [2.05, 4.69) is 0 Å².